The summed E-state index contributed by atoms with van der Waals surface area (Å²) in [6.45, 7) is 2.89. The van der Waals surface area contributed by atoms with Gasteiger partial charge in [-0.2, -0.15) is 0 Å². The zero-order chi connectivity index (χ0) is 11.4. The molecule has 0 aliphatic rings. The smallest absolute Gasteiger partial charge is 0.213 e. The minimum Gasteiger partial charge on any atom is -0.370 e. The van der Waals surface area contributed by atoms with E-state index in [0.29, 0.717) is 0 Å². The van der Waals surface area contributed by atoms with Crippen LogP contribution in [0.2, 0.25) is 0 Å². The van der Waals surface area contributed by atoms with E-state index in [4.69, 9.17) is 0 Å². The van der Waals surface area contributed by atoms with E-state index < -0.39 is 0 Å². The summed E-state index contributed by atoms with van der Waals surface area (Å²) < 4.78 is 1.64. The number of pyridine rings is 1. The van der Waals surface area contributed by atoms with E-state index in [2.05, 4.69) is 25.8 Å². The van der Waals surface area contributed by atoms with E-state index in [9.17, 15) is 0 Å². The van der Waals surface area contributed by atoms with Crippen LogP contribution >= 0.6 is 11.8 Å². The average Bonchev–Trinajstić information content (AvgIpc) is 2.66. The van der Waals surface area contributed by atoms with Crippen molar-refractivity contribution in [1.29, 1.82) is 0 Å². The highest BCUT2D eigenvalue weighted by atomic mass is 32.2. The number of aryl methyl sites for hydroxylation is 1. The van der Waals surface area contributed by atoms with Crippen LogP contribution in [-0.4, -0.2) is 31.7 Å². The van der Waals surface area contributed by atoms with Crippen LogP contribution in [0.3, 0.4) is 0 Å². The second-order valence-electron chi connectivity index (χ2n) is 3.09. The number of hydrogen-bond acceptors (Lipinski definition) is 6. The molecule has 0 saturated carbocycles. The first-order valence-corrected chi connectivity index (χ1v) is 5.71. The van der Waals surface area contributed by atoms with Crippen LogP contribution in [-0.2, 0) is 7.05 Å². The van der Waals surface area contributed by atoms with Crippen LogP contribution in [0.15, 0.2) is 28.4 Å². The summed E-state index contributed by atoms with van der Waals surface area (Å²) in [7, 11) is 1.81. The second-order valence-corrected chi connectivity index (χ2v) is 4.13. The normalized spacial score (nSPS) is 10.4. The van der Waals surface area contributed by atoms with Gasteiger partial charge in [-0.05, 0) is 41.2 Å². The molecule has 6 nitrogen and oxygen atoms in total. The Labute approximate surface area is 97.5 Å². The molecular weight excluding hydrogens is 224 g/mol. The van der Waals surface area contributed by atoms with Crippen LogP contribution in [0.1, 0.15) is 6.92 Å². The second kappa shape index (κ2) is 4.93. The Morgan fingerprint density at radius 2 is 2.38 bits per heavy atom. The molecule has 0 radical (unpaired) electrons. The molecule has 0 fully saturated rings. The molecule has 2 aromatic heterocycles. The molecule has 7 heteroatoms. The predicted molar refractivity (Wildman–Crippen MR) is 61.3 cm³/mol. The molecule has 0 bridgehead atoms. The predicted octanol–water partition coefficient (Wildman–Crippen LogP) is 1.19. The summed E-state index contributed by atoms with van der Waals surface area (Å²) in [5, 5.41) is 15.2. The average molecular weight is 236 g/mol. The summed E-state index contributed by atoms with van der Waals surface area (Å²) in [6, 6.07) is 3.91. The van der Waals surface area contributed by atoms with Gasteiger partial charge in [0.1, 0.15) is 5.82 Å². The van der Waals surface area contributed by atoms with Gasteiger partial charge in [-0.15, -0.1) is 5.10 Å². The summed E-state index contributed by atoms with van der Waals surface area (Å²) in [4.78, 5) is 5.26. The van der Waals surface area contributed by atoms with Crippen molar-refractivity contribution >= 4 is 17.6 Å². The first-order valence-electron chi connectivity index (χ1n) is 4.89. The minimum atomic E-state index is 0.758. The molecule has 84 valence electrons. The lowest BCUT2D eigenvalue weighted by atomic mass is 10.4. The highest BCUT2D eigenvalue weighted by Gasteiger charge is 2.05. The molecule has 0 atom stereocenters. The Bertz CT molecular complexity index is 469. The number of rotatable bonds is 4. The van der Waals surface area contributed by atoms with Gasteiger partial charge in [-0.3, -0.25) is 0 Å². The Morgan fingerprint density at radius 1 is 1.50 bits per heavy atom. The van der Waals surface area contributed by atoms with E-state index in [1.807, 2.05) is 26.1 Å². The molecule has 2 heterocycles. The van der Waals surface area contributed by atoms with Crippen LogP contribution in [0.25, 0.3) is 0 Å². The topological polar surface area (TPSA) is 68.5 Å². The summed E-state index contributed by atoms with van der Waals surface area (Å²) in [6.07, 6.45) is 1.77. The zero-order valence-electron chi connectivity index (χ0n) is 9.08. The number of tetrazole rings is 1. The molecule has 16 heavy (non-hydrogen) atoms. The van der Waals surface area contributed by atoms with Crippen molar-refractivity contribution in [1.82, 2.24) is 25.2 Å². The van der Waals surface area contributed by atoms with Crippen LogP contribution in [0.4, 0.5) is 5.82 Å². The van der Waals surface area contributed by atoms with Gasteiger partial charge in [0.05, 0.1) is 0 Å². The third-order valence-corrected chi connectivity index (χ3v) is 2.90. The quantitative estimate of drug-likeness (QED) is 0.860. The summed E-state index contributed by atoms with van der Waals surface area (Å²) in [5.41, 5.74) is 0. The maximum absolute atomic E-state index is 4.20. The molecule has 0 amide bonds. The highest BCUT2D eigenvalue weighted by Crippen LogP contribution is 2.25. The van der Waals surface area contributed by atoms with E-state index in [1.165, 1.54) is 11.8 Å². The van der Waals surface area contributed by atoms with Crippen molar-refractivity contribution < 1.29 is 0 Å². The molecule has 0 saturated heterocycles. The van der Waals surface area contributed by atoms with Gasteiger partial charge in [0.2, 0.25) is 5.16 Å². The monoisotopic (exact) mass is 236 g/mol. The van der Waals surface area contributed by atoms with Crippen molar-refractivity contribution in [2.45, 2.75) is 17.0 Å². The minimum absolute atomic E-state index is 0.758. The fourth-order valence-electron chi connectivity index (χ4n) is 1.17. The molecule has 0 spiro atoms. The first-order chi connectivity index (χ1) is 7.79. The fraction of sp³-hybridized carbons (Fsp3) is 0.333. The van der Waals surface area contributed by atoms with Gasteiger partial charge in [0.15, 0.2) is 0 Å². The molecule has 0 aromatic carbocycles. The van der Waals surface area contributed by atoms with Crippen molar-refractivity contribution in [3.05, 3.63) is 18.3 Å². The Morgan fingerprint density at radius 3 is 3.06 bits per heavy atom. The van der Waals surface area contributed by atoms with Gasteiger partial charge in [0.25, 0.3) is 0 Å². The third kappa shape index (κ3) is 2.48. The van der Waals surface area contributed by atoms with E-state index >= 15 is 0 Å². The SMILES string of the molecule is CCNc1cc(Sc2nnnn2C)ccn1. The number of aromatic nitrogens is 5. The molecule has 0 unspecified atom stereocenters. The van der Waals surface area contributed by atoms with Gasteiger partial charge in [-0.1, -0.05) is 0 Å². The molecule has 2 aromatic rings. The Balaban J connectivity index is 2.15. The third-order valence-electron chi connectivity index (χ3n) is 1.88. The van der Waals surface area contributed by atoms with Crippen molar-refractivity contribution in [2.75, 3.05) is 11.9 Å². The number of hydrogen-bond donors (Lipinski definition) is 1. The number of anilines is 1. The number of nitrogens with zero attached hydrogens (tertiary/aromatic N) is 5. The lowest BCUT2D eigenvalue weighted by Crippen LogP contribution is -1.98. The largest absolute Gasteiger partial charge is 0.370 e. The van der Waals surface area contributed by atoms with Crippen molar-refractivity contribution in [3.8, 4) is 0 Å². The van der Waals surface area contributed by atoms with Gasteiger partial charge >= 0.3 is 0 Å². The Hall–Kier alpha value is -1.63. The van der Waals surface area contributed by atoms with Gasteiger partial charge in [0, 0.05) is 24.7 Å². The molecule has 1 N–H and O–H groups in total. The van der Waals surface area contributed by atoms with E-state index in [0.717, 1.165) is 22.4 Å². The standard InChI is InChI=1S/C9H12N6S/c1-3-10-8-6-7(4-5-11-8)16-9-12-13-14-15(9)2/h4-6H,3H2,1-2H3,(H,10,11). The fourth-order valence-corrected chi connectivity index (χ4v) is 1.92. The molecular formula is C9H12N6S. The summed E-state index contributed by atoms with van der Waals surface area (Å²) in [5.74, 6) is 0.864. The van der Waals surface area contributed by atoms with E-state index in [-0.39, 0.29) is 0 Å². The van der Waals surface area contributed by atoms with Gasteiger partial charge < -0.3 is 5.32 Å². The van der Waals surface area contributed by atoms with Gasteiger partial charge in [-0.25, -0.2) is 9.67 Å². The van der Waals surface area contributed by atoms with Crippen LogP contribution in [0, 0.1) is 0 Å². The van der Waals surface area contributed by atoms with Crippen LogP contribution < -0.4 is 5.32 Å². The highest BCUT2D eigenvalue weighted by molar-refractivity contribution is 7.99. The zero-order valence-corrected chi connectivity index (χ0v) is 9.90. The van der Waals surface area contributed by atoms with Crippen molar-refractivity contribution in [2.24, 2.45) is 7.05 Å². The summed E-state index contributed by atoms with van der Waals surface area (Å²) >= 11 is 1.51. The number of nitrogens with one attached hydrogen (secondary N) is 1. The van der Waals surface area contributed by atoms with Crippen LogP contribution in [0.5, 0.6) is 0 Å². The first kappa shape index (κ1) is 10.9. The maximum Gasteiger partial charge on any atom is 0.213 e. The lowest BCUT2D eigenvalue weighted by molar-refractivity contribution is 0.664. The van der Waals surface area contributed by atoms with Crippen molar-refractivity contribution in [3.63, 3.8) is 0 Å². The van der Waals surface area contributed by atoms with E-state index in [1.54, 1.807) is 10.9 Å². The maximum atomic E-state index is 4.20. The molecule has 2 rings (SSSR count). The molecule has 0 aliphatic carbocycles. The Kier molecular flexibility index (Phi) is 3.35. The molecule has 0 aliphatic heterocycles. The lowest BCUT2D eigenvalue weighted by Gasteiger charge is -2.03.